The Hall–Kier alpha value is -2.54. The summed E-state index contributed by atoms with van der Waals surface area (Å²) in [5, 5.41) is 2.24. The highest BCUT2D eigenvalue weighted by Crippen LogP contribution is 2.34. The standard InChI is InChI=1S/C17H11ClF3NO3/c18-12-6-5-10(17(19,20)21)8-13(12)22-15(23)14-7-9-3-1-2-4-11(9)16(24)25-14/h1-6,8,14H,7H2,(H,22,23)/t14-/m1/s1. The number of esters is 1. The maximum Gasteiger partial charge on any atom is 0.416 e. The van der Waals surface area contributed by atoms with Gasteiger partial charge in [-0.25, -0.2) is 4.79 Å². The van der Waals surface area contributed by atoms with Gasteiger partial charge in [0.25, 0.3) is 5.91 Å². The average molecular weight is 370 g/mol. The molecule has 25 heavy (non-hydrogen) atoms. The fraction of sp³-hybridized carbons (Fsp3) is 0.176. The number of fused-ring (bicyclic) bond motifs is 1. The molecule has 0 aliphatic carbocycles. The van der Waals surface area contributed by atoms with Crippen molar-refractivity contribution in [2.75, 3.05) is 5.32 Å². The molecule has 0 unspecified atom stereocenters. The predicted octanol–water partition coefficient (Wildman–Crippen LogP) is 4.08. The van der Waals surface area contributed by atoms with Crippen LogP contribution in [-0.2, 0) is 22.1 Å². The zero-order valence-electron chi connectivity index (χ0n) is 12.6. The summed E-state index contributed by atoms with van der Waals surface area (Å²) in [5.74, 6) is -1.40. The Bertz CT molecular complexity index is 851. The minimum Gasteiger partial charge on any atom is -0.448 e. The van der Waals surface area contributed by atoms with Gasteiger partial charge >= 0.3 is 12.1 Å². The number of alkyl halides is 3. The van der Waals surface area contributed by atoms with Gasteiger partial charge in [0.1, 0.15) is 0 Å². The Kier molecular flexibility index (Phi) is 4.43. The molecule has 0 spiro atoms. The van der Waals surface area contributed by atoms with Crippen LogP contribution in [-0.4, -0.2) is 18.0 Å². The Morgan fingerprint density at radius 1 is 1.20 bits per heavy atom. The number of hydrogen-bond donors (Lipinski definition) is 1. The summed E-state index contributed by atoms with van der Waals surface area (Å²) in [4.78, 5) is 24.2. The SMILES string of the molecule is O=C1O[C@@H](C(=O)Nc2cc(C(F)(F)F)ccc2Cl)Cc2ccccc21. The van der Waals surface area contributed by atoms with E-state index in [0.29, 0.717) is 11.1 Å². The second-order valence-electron chi connectivity index (χ2n) is 5.44. The molecule has 0 fully saturated rings. The maximum atomic E-state index is 12.8. The van der Waals surface area contributed by atoms with Gasteiger partial charge in [0.15, 0.2) is 6.10 Å². The van der Waals surface area contributed by atoms with Crippen LogP contribution < -0.4 is 5.32 Å². The van der Waals surface area contributed by atoms with Gasteiger partial charge in [-0.15, -0.1) is 0 Å². The number of halogens is 4. The molecule has 3 rings (SSSR count). The number of cyclic esters (lactones) is 1. The number of hydrogen-bond acceptors (Lipinski definition) is 3. The summed E-state index contributed by atoms with van der Waals surface area (Å²) in [6, 6.07) is 9.25. The van der Waals surface area contributed by atoms with E-state index in [1.54, 1.807) is 24.3 Å². The van der Waals surface area contributed by atoms with E-state index in [-0.39, 0.29) is 17.1 Å². The molecule has 0 aromatic heterocycles. The van der Waals surface area contributed by atoms with Gasteiger partial charge in [0.2, 0.25) is 0 Å². The zero-order valence-corrected chi connectivity index (χ0v) is 13.3. The van der Waals surface area contributed by atoms with Gasteiger partial charge in [0.05, 0.1) is 21.8 Å². The van der Waals surface area contributed by atoms with E-state index < -0.39 is 29.7 Å². The Labute approximate surface area is 145 Å². The van der Waals surface area contributed by atoms with E-state index in [4.69, 9.17) is 16.3 Å². The molecule has 1 atom stereocenters. The third-order valence-electron chi connectivity index (χ3n) is 3.74. The van der Waals surface area contributed by atoms with Crippen LogP contribution in [0.1, 0.15) is 21.5 Å². The van der Waals surface area contributed by atoms with E-state index in [9.17, 15) is 22.8 Å². The van der Waals surface area contributed by atoms with Crippen molar-refractivity contribution in [1.82, 2.24) is 0 Å². The van der Waals surface area contributed by atoms with Crippen molar-refractivity contribution in [1.29, 1.82) is 0 Å². The molecule has 8 heteroatoms. The minimum absolute atomic E-state index is 0.0520. The molecule has 1 aliphatic heterocycles. The average Bonchev–Trinajstić information content (AvgIpc) is 2.55. The van der Waals surface area contributed by atoms with E-state index in [0.717, 1.165) is 18.2 Å². The summed E-state index contributed by atoms with van der Waals surface area (Å²) in [7, 11) is 0. The van der Waals surface area contributed by atoms with Crippen LogP contribution in [0.15, 0.2) is 42.5 Å². The monoisotopic (exact) mass is 369 g/mol. The third-order valence-corrected chi connectivity index (χ3v) is 4.07. The normalized spacial score (nSPS) is 16.8. The fourth-order valence-electron chi connectivity index (χ4n) is 2.49. The largest absolute Gasteiger partial charge is 0.448 e. The van der Waals surface area contributed by atoms with Crippen LogP contribution in [0, 0.1) is 0 Å². The molecule has 1 N–H and O–H groups in total. The van der Waals surface area contributed by atoms with Crippen LogP contribution in [0.4, 0.5) is 18.9 Å². The molecular weight excluding hydrogens is 359 g/mol. The molecule has 0 saturated heterocycles. The minimum atomic E-state index is -4.57. The molecule has 1 amide bonds. The zero-order chi connectivity index (χ0) is 18.2. The van der Waals surface area contributed by atoms with E-state index in [1.807, 2.05) is 0 Å². The van der Waals surface area contributed by atoms with Crippen LogP contribution in [0.2, 0.25) is 5.02 Å². The Balaban J connectivity index is 1.81. The van der Waals surface area contributed by atoms with E-state index in [1.165, 1.54) is 0 Å². The molecule has 0 radical (unpaired) electrons. The lowest BCUT2D eigenvalue weighted by molar-refractivity contribution is -0.137. The first kappa shape index (κ1) is 17.3. The molecule has 2 aromatic carbocycles. The number of carbonyl (C=O) groups is 2. The third kappa shape index (κ3) is 3.61. The van der Waals surface area contributed by atoms with E-state index in [2.05, 4.69) is 5.32 Å². The quantitative estimate of drug-likeness (QED) is 0.812. The van der Waals surface area contributed by atoms with Gasteiger partial charge in [-0.1, -0.05) is 29.8 Å². The van der Waals surface area contributed by atoms with Crippen LogP contribution >= 0.6 is 11.6 Å². The van der Waals surface area contributed by atoms with Crippen molar-refractivity contribution in [3.63, 3.8) is 0 Å². The maximum absolute atomic E-state index is 12.8. The number of nitrogens with one attached hydrogen (secondary N) is 1. The van der Waals surface area contributed by atoms with Gasteiger partial charge in [-0.3, -0.25) is 4.79 Å². The van der Waals surface area contributed by atoms with E-state index >= 15 is 0 Å². The Morgan fingerprint density at radius 3 is 2.64 bits per heavy atom. The lowest BCUT2D eigenvalue weighted by atomic mass is 9.98. The van der Waals surface area contributed by atoms with Crippen molar-refractivity contribution < 1.29 is 27.5 Å². The number of benzene rings is 2. The first-order valence-electron chi connectivity index (χ1n) is 7.22. The van der Waals surface area contributed by atoms with Crippen molar-refractivity contribution >= 4 is 29.2 Å². The highest BCUT2D eigenvalue weighted by atomic mass is 35.5. The lowest BCUT2D eigenvalue weighted by Crippen LogP contribution is -2.38. The van der Waals surface area contributed by atoms with Crippen molar-refractivity contribution in [3.8, 4) is 0 Å². The molecule has 1 aliphatic rings. The second-order valence-corrected chi connectivity index (χ2v) is 5.84. The molecule has 130 valence electrons. The number of anilines is 1. The number of ether oxygens (including phenoxy) is 1. The number of rotatable bonds is 2. The van der Waals surface area contributed by atoms with Gasteiger partial charge in [-0.2, -0.15) is 13.2 Å². The Morgan fingerprint density at radius 2 is 1.92 bits per heavy atom. The number of carbonyl (C=O) groups excluding carboxylic acids is 2. The number of amides is 1. The molecule has 0 saturated carbocycles. The molecule has 2 aromatic rings. The van der Waals surface area contributed by atoms with Crippen molar-refractivity contribution in [2.45, 2.75) is 18.7 Å². The summed E-state index contributed by atoms with van der Waals surface area (Å²) in [5.41, 5.74) is -0.146. The van der Waals surface area contributed by atoms with Crippen molar-refractivity contribution in [3.05, 3.63) is 64.2 Å². The smallest absolute Gasteiger partial charge is 0.416 e. The van der Waals surface area contributed by atoms with Crippen LogP contribution in [0.5, 0.6) is 0 Å². The summed E-state index contributed by atoms with van der Waals surface area (Å²) >= 11 is 5.85. The first-order chi connectivity index (χ1) is 11.8. The van der Waals surface area contributed by atoms with Gasteiger partial charge in [0, 0.05) is 6.42 Å². The summed E-state index contributed by atoms with van der Waals surface area (Å²) in [6.45, 7) is 0. The van der Waals surface area contributed by atoms with Gasteiger partial charge in [-0.05, 0) is 29.8 Å². The highest BCUT2D eigenvalue weighted by Gasteiger charge is 2.33. The van der Waals surface area contributed by atoms with Crippen LogP contribution in [0.3, 0.4) is 0 Å². The molecule has 1 heterocycles. The molecular formula is C17H11ClF3NO3. The summed E-state index contributed by atoms with van der Waals surface area (Å²) in [6.07, 6.45) is -5.59. The fourth-order valence-corrected chi connectivity index (χ4v) is 2.65. The lowest BCUT2D eigenvalue weighted by Gasteiger charge is -2.24. The first-order valence-corrected chi connectivity index (χ1v) is 7.60. The highest BCUT2D eigenvalue weighted by molar-refractivity contribution is 6.33. The van der Waals surface area contributed by atoms with Gasteiger partial charge < -0.3 is 10.1 Å². The topological polar surface area (TPSA) is 55.4 Å². The summed E-state index contributed by atoms with van der Waals surface area (Å²) < 4.78 is 43.4. The molecule has 4 nitrogen and oxygen atoms in total. The molecule has 0 bridgehead atoms. The predicted molar refractivity (Wildman–Crippen MR) is 84.4 cm³/mol. The van der Waals surface area contributed by atoms with Crippen molar-refractivity contribution in [2.24, 2.45) is 0 Å². The van der Waals surface area contributed by atoms with Crippen LogP contribution in [0.25, 0.3) is 0 Å². The second kappa shape index (κ2) is 6.40.